The van der Waals surface area contributed by atoms with Crippen LogP contribution in [-0.4, -0.2) is 47.6 Å². The molecule has 1 aromatic carbocycles. The fourth-order valence-corrected chi connectivity index (χ4v) is 3.19. The van der Waals surface area contributed by atoms with E-state index in [1.54, 1.807) is 6.20 Å². The van der Waals surface area contributed by atoms with Crippen molar-refractivity contribution in [2.45, 2.75) is 13.3 Å². The second-order valence-corrected chi connectivity index (χ2v) is 6.74. The average molecular weight is 391 g/mol. The molecule has 0 bridgehead atoms. The van der Waals surface area contributed by atoms with E-state index in [4.69, 9.17) is 14.2 Å². The van der Waals surface area contributed by atoms with Gasteiger partial charge >= 0.3 is 0 Å². The Hall–Kier alpha value is -2.96. The van der Waals surface area contributed by atoms with Gasteiger partial charge in [-0.2, -0.15) is 0 Å². The van der Waals surface area contributed by atoms with Crippen LogP contribution in [0.15, 0.2) is 61.2 Å². The lowest BCUT2D eigenvalue weighted by Crippen LogP contribution is -2.11. The summed E-state index contributed by atoms with van der Waals surface area (Å²) in [5, 5.41) is 3.28. The first kappa shape index (κ1) is 19.4. The van der Waals surface area contributed by atoms with E-state index in [0.29, 0.717) is 26.4 Å². The van der Waals surface area contributed by atoms with E-state index < -0.39 is 0 Å². The summed E-state index contributed by atoms with van der Waals surface area (Å²) < 4.78 is 18.8. The highest BCUT2D eigenvalue weighted by Crippen LogP contribution is 2.24. The van der Waals surface area contributed by atoms with Crippen molar-refractivity contribution in [2.75, 3.05) is 33.0 Å². The second kappa shape index (κ2) is 9.49. The Balaban J connectivity index is 1.41. The zero-order chi connectivity index (χ0) is 19.9. The topological polar surface area (TPSA) is 58.4 Å². The molecule has 0 aliphatic carbocycles. The predicted molar refractivity (Wildman–Crippen MR) is 114 cm³/mol. The zero-order valence-electron chi connectivity index (χ0n) is 16.6. The minimum atomic E-state index is 0.505. The molecule has 0 radical (unpaired) electrons. The summed E-state index contributed by atoms with van der Waals surface area (Å²) in [4.78, 5) is 8.84. The fraction of sp³-hybridized carbons (Fsp3) is 0.304. The molecule has 3 heterocycles. The third-order valence-electron chi connectivity index (χ3n) is 4.64. The second-order valence-electron chi connectivity index (χ2n) is 6.74. The molecule has 0 unspecified atom stereocenters. The Kier molecular flexibility index (Phi) is 6.34. The van der Waals surface area contributed by atoms with Crippen LogP contribution >= 0.6 is 0 Å². The first-order valence-electron chi connectivity index (χ1n) is 9.94. The zero-order valence-corrected chi connectivity index (χ0v) is 16.6. The number of hydrogen-bond donors (Lipinski definition) is 0. The Bertz CT molecular complexity index is 1080. The summed E-state index contributed by atoms with van der Waals surface area (Å²) in [6.07, 6.45) is 8.58. The van der Waals surface area contributed by atoms with Crippen molar-refractivity contribution >= 4 is 21.7 Å². The molecule has 0 saturated carbocycles. The fourth-order valence-electron chi connectivity index (χ4n) is 3.19. The lowest BCUT2D eigenvalue weighted by Gasteiger charge is -2.10. The summed E-state index contributed by atoms with van der Waals surface area (Å²) in [6, 6.07) is 12.1. The van der Waals surface area contributed by atoms with E-state index in [0.717, 1.165) is 46.3 Å². The predicted octanol–water partition coefficient (Wildman–Crippen LogP) is 4.40. The number of benzene rings is 1. The van der Waals surface area contributed by atoms with E-state index in [2.05, 4.69) is 29.0 Å². The largest absolute Gasteiger partial charge is 0.491 e. The third kappa shape index (κ3) is 4.72. The van der Waals surface area contributed by atoms with Crippen molar-refractivity contribution in [3.05, 3.63) is 61.2 Å². The summed E-state index contributed by atoms with van der Waals surface area (Å²) in [5.74, 6) is 1.67. The molecule has 0 atom stereocenters. The van der Waals surface area contributed by atoms with Gasteiger partial charge in [-0.3, -0.25) is 9.55 Å². The molecule has 150 valence electrons. The van der Waals surface area contributed by atoms with Gasteiger partial charge in [0.1, 0.15) is 18.2 Å². The van der Waals surface area contributed by atoms with Crippen LogP contribution in [0.3, 0.4) is 0 Å². The molecular weight excluding hydrogens is 366 g/mol. The number of rotatable bonds is 10. The van der Waals surface area contributed by atoms with Gasteiger partial charge in [0.05, 0.1) is 31.5 Å². The summed E-state index contributed by atoms with van der Waals surface area (Å²) >= 11 is 0. The van der Waals surface area contributed by atoms with Crippen molar-refractivity contribution in [3.8, 4) is 11.6 Å². The number of aromatic nitrogens is 3. The molecule has 4 aromatic rings. The lowest BCUT2D eigenvalue weighted by atomic mass is 10.1. The van der Waals surface area contributed by atoms with E-state index in [1.165, 1.54) is 0 Å². The average Bonchev–Trinajstić information content (AvgIpc) is 3.19. The third-order valence-corrected chi connectivity index (χ3v) is 4.64. The number of pyridine rings is 2. The smallest absolute Gasteiger partial charge is 0.137 e. The molecular formula is C23H25N3O3. The van der Waals surface area contributed by atoms with Crippen molar-refractivity contribution < 1.29 is 14.2 Å². The molecule has 6 heteroatoms. The normalized spacial score (nSPS) is 11.3. The first-order chi connectivity index (χ1) is 14.3. The summed E-state index contributed by atoms with van der Waals surface area (Å²) in [6.45, 7) is 5.14. The number of ether oxygens (including phenoxy) is 3. The van der Waals surface area contributed by atoms with Crippen LogP contribution < -0.4 is 4.74 Å². The van der Waals surface area contributed by atoms with Gasteiger partial charge in [-0.1, -0.05) is 6.92 Å². The van der Waals surface area contributed by atoms with Crippen molar-refractivity contribution in [1.82, 2.24) is 14.5 Å². The van der Waals surface area contributed by atoms with Crippen molar-refractivity contribution in [2.24, 2.45) is 0 Å². The van der Waals surface area contributed by atoms with Crippen LogP contribution in [0.25, 0.3) is 27.5 Å². The standard InChI is InChI=1S/C23H25N3O3/c1-2-9-27-10-11-28-12-13-29-21-4-3-19-16-25-23(15-20(19)14-21)26-8-6-18-5-7-24-17-22(18)26/h3-8,14-17H,2,9-13H2,1H3. The summed E-state index contributed by atoms with van der Waals surface area (Å²) in [7, 11) is 0. The molecule has 3 aromatic heterocycles. The maximum Gasteiger partial charge on any atom is 0.137 e. The quantitative estimate of drug-likeness (QED) is 0.375. The molecule has 0 saturated heterocycles. The number of hydrogen-bond acceptors (Lipinski definition) is 5. The van der Waals surface area contributed by atoms with E-state index >= 15 is 0 Å². The molecule has 4 rings (SSSR count). The molecule has 0 aliphatic heterocycles. The van der Waals surface area contributed by atoms with Crippen molar-refractivity contribution in [1.29, 1.82) is 0 Å². The van der Waals surface area contributed by atoms with E-state index in [1.807, 2.05) is 47.4 Å². The van der Waals surface area contributed by atoms with E-state index in [-0.39, 0.29) is 0 Å². The van der Waals surface area contributed by atoms with Gasteiger partial charge in [0.25, 0.3) is 0 Å². The Labute approximate surface area is 170 Å². The SMILES string of the molecule is CCCOCCOCCOc1ccc2cnc(-n3ccc4ccncc43)cc2c1. The van der Waals surface area contributed by atoms with Crippen LogP contribution in [0.2, 0.25) is 0 Å². The molecule has 0 N–H and O–H groups in total. The monoisotopic (exact) mass is 391 g/mol. The highest BCUT2D eigenvalue weighted by atomic mass is 16.5. The minimum absolute atomic E-state index is 0.505. The minimum Gasteiger partial charge on any atom is -0.491 e. The van der Waals surface area contributed by atoms with Crippen LogP contribution in [0.4, 0.5) is 0 Å². The molecule has 6 nitrogen and oxygen atoms in total. The molecule has 0 amide bonds. The van der Waals surface area contributed by atoms with Crippen molar-refractivity contribution in [3.63, 3.8) is 0 Å². The van der Waals surface area contributed by atoms with Gasteiger partial charge < -0.3 is 14.2 Å². The number of nitrogens with zero attached hydrogens (tertiary/aromatic N) is 3. The number of fused-ring (bicyclic) bond motifs is 2. The van der Waals surface area contributed by atoms with E-state index in [9.17, 15) is 0 Å². The lowest BCUT2D eigenvalue weighted by molar-refractivity contribution is 0.0366. The Morgan fingerprint density at radius 1 is 0.828 bits per heavy atom. The summed E-state index contributed by atoms with van der Waals surface area (Å²) in [5.41, 5.74) is 1.03. The van der Waals surface area contributed by atoms with Crippen LogP contribution in [0.1, 0.15) is 13.3 Å². The highest BCUT2D eigenvalue weighted by Gasteiger charge is 2.06. The van der Waals surface area contributed by atoms with Gasteiger partial charge in [0.15, 0.2) is 0 Å². The Morgan fingerprint density at radius 2 is 1.69 bits per heavy atom. The maximum absolute atomic E-state index is 5.84. The molecule has 0 aliphatic rings. The first-order valence-corrected chi connectivity index (χ1v) is 9.94. The van der Waals surface area contributed by atoms with Gasteiger partial charge in [-0.05, 0) is 48.2 Å². The highest BCUT2D eigenvalue weighted by molar-refractivity contribution is 5.86. The maximum atomic E-state index is 5.84. The molecule has 0 spiro atoms. The van der Waals surface area contributed by atoms with Crippen LogP contribution in [0.5, 0.6) is 5.75 Å². The van der Waals surface area contributed by atoms with Gasteiger partial charge in [0, 0.05) is 36.0 Å². The van der Waals surface area contributed by atoms with Crippen LogP contribution in [0, 0.1) is 0 Å². The van der Waals surface area contributed by atoms with Crippen LogP contribution in [-0.2, 0) is 9.47 Å². The van der Waals surface area contributed by atoms with Gasteiger partial charge in [-0.15, -0.1) is 0 Å². The molecule has 0 fully saturated rings. The molecule has 29 heavy (non-hydrogen) atoms. The van der Waals surface area contributed by atoms with Gasteiger partial charge in [0.2, 0.25) is 0 Å². The Morgan fingerprint density at radius 3 is 2.59 bits per heavy atom. The van der Waals surface area contributed by atoms with Gasteiger partial charge in [-0.25, -0.2) is 4.98 Å².